The maximum Gasteiger partial charge on any atom is 0.241 e. The van der Waals surface area contributed by atoms with Crippen LogP contribution in [0.15, 0.2) is 58.2 Å². The lowest BCUT2D eigenvalue weighted by molar-refractivity contribution is 0.534. The molecule has 0 spiro atoms. The molecule has 2 heterocycles. The van der Waals surface area contributed by atoms with Crippen LogP contribution in [0.4, 0.5) is 0 Å². The number of sulfonamides is 1. The Bertz CT molecular complexity index is 950. The summed E-state index contributed by atoms with van der Waals surface area (Å²) in [6, 6.07) is 8.75. The van der Waals surface area contributed by atoms with Crippen LogP contribution >= 0.6 is 0 Å². The molecule has 6 nitrogen and oxygen atoms in total. The summed E-state index contributed by atoms with van der Waals surface area (Å²) in [5, 5.41) is 0. The fourth-order valence-electron chi connectivity index (χ4n) is 2.30. The highest BCUT2D eigenvalue weighted by Crippen LogP contribution is 2.25. The van der Waals surface area contributed by atoms with Gasteiger partial charge in [-0.1, -0.05) is 18.2 Å². The van der Waals surface area contributed by atoms with Crippen molar-refractivity contribution in [1.82, 2.24) is 14.7 Å². The van der Waals surface area contributed by atoms with Gasteiger partial charge in [-0.3, -0.25) is 4.98 Å². The van der Waals surface area contributed by atoms with Gasteiger partial charge in [-0.05, 0) is 30.2 Å². The monoisotopic (exact) mass is 343 g/mol. The molecular formula is C17H17N3O3S. The average molecular weight is 343 g/mol. The van der Waals surface area contributed by atoms with E-state index in [0.29, 0.717) is 22.8 Å². The molecule has 0 aliphatic heterocycles. The number of nitrogens with one attached hydrogen (secondary N) is 1. The van der Waals surface area contributed by atoms with Crippen molar-refractivity contribution < 1.29 is 12.8 Å². The first-order valence-corrected chi connectivity index (χ1v) is 8.86. The van der Waals surface area contributed by atoms with Crippen LogP contribution in [-0.4, -0.2) is 18.4 Å². The molecule has 7 heteroatoms. The second-order valence-electron chi connectivity index (χ2n) is 5.41. The molecule has 0 saturated heterocycles. The van der Waals surface area contributed by atoms with Crippen molar-refractivity contribution in [1.29, 1.82) is 0 Å². The molecule has 0 radical (unpaired) electrons. The van der Waals surface area contributed by atoms with E-state index in [1.165, 1.54) is 0 Å². The number of hydrogen-bond acceptors (Lipinski definition) is 5. The van der Waals surface area contributed by atoms with Crippen LogP contribution in [0.25, 0.3) is 11.3 Å². The highest BCUT2D eigenvalue weighted by Gasteiger charge is 2.18. The molecule has 1 N–H and O–H groups in total. The molecule has 3 rings (SSSR count). The van der Waals surface area contributed by atoms with Gasteiger partial charge in [0.05, 0.1) is 11.1 Å². The smallest absolute Gasteiger partial charge is 0.241 e. The Morgan fingerprint density at radius 1 is 1.17 bits per heavy atom. The quantitative estimate of drug-likeness (QED) is 0.770. The topological polar surface area (TPSA) is 85.1 Å². The normalized spacial score (nSPS) is 11.6. The molecular weight excluding hydrogens is 326 g/mol. The zero-order chi connectivity index (χ0) is 17.2. The summed E-state index contributed by atoms with van der Waals surface area (Å²) in [6.45, 7) is 3.68. The van der Waals surface area contributed by atoms with E-state index < -0.39 is 10.0 Å². The largest absolute Gasteiger partial charge is 0.441 e. The number of benzene rings is 1. The van der Waals surface area contributed by atoms with Gasteiger partial charge in [0.25, 0.3) is 0 Å². The molecule has 2 aromatic heterocycles. The Kier molecular flexibility index (Phi) is 4.46. The third-order valence-electron chi connectivity index (χ3n) is 3.57. The lowest BCUT2D eigenvalue weighted by atomic mass is 10.1. The fourth-order valence-corrected chi connectivity index (χ4v) is 3.58. The molecule has 0 unspecified atom stereocenters. The van der Waals surface area contributed by atoms with Crippen molar-refractivity contribution in [2.75, 3.05) is 0 Å². The first-order valence-electron chi connectivity index (χ1n) is 7.38. The van der Waals surface area contributed by atoms with E-state index >= 15 is 0 Å². The van der Waals surface area contributed by atoms with E-state index in [9.17, 15) is 8.42 Å². The van der Waals surface area contributed by atoms with Crippen molar-refractivity contribution in [3.05, 3.63) is 65.9 Å². The molecule has 0 aliphatic rings. The van der Waals surface area contributed by atoms with Crippen LogP contribution in [0.5, 0.6) is 0 Å². The van der Waals surface area contributed by atoms with Gasteiger partial charge in [-0.15, -0.1) is 0 Å². The minimum atomic E-state index is -3.65. The number of aromatic nitrogens is 2. The number of pyridine rings is 1. The number of hydrogen-bond donors (Lipinski definition) is 1. The fraction of sp³-hybridized carbons (Fsp3) is 0.176. The summed E-state index contributed by atoms with van der Waals surface area (Å²) < 4.78 is 33.3. The third kappa shape index (κ3) is 3.52. The van der Waals surface area contributed by atoms with Crippen LogP contribution in [0.3, 0.4) is 0 Å². The molecule has 0 fully saturated rings. The van der Waals surface area contributed by atoms with E-state index in [0.717, 1.165) is 5.56 Å². The van der Waals surface area contributed by atoms with E-state index in [2.05, 4.69) is 14.7 Å². The first-order chi connectivity index (χ1) is 11.5. The van der Waals surface area contributed by atoms with E-state index in [4.69, 9.17) is 4.42 Å². The average Bonchev–Trinajstić information content (AvgIpc) is 3.01. The van der Waals surface area contributed by atoms with Crippen LogP contribution < -0.4 is 4.72 Å². The number of nitrogens with zero attached hydrogens (tertiary/aromatic N) is 2. The minimum Gasteiger partial charge on any atom is -0.441 e. The number of rotatable bonds is 5. The lowest BCUT2D eigenvalue weighted by Crippen LogP contribution is -2.24. The van der Waals surface area contributed by atoms with Crippen LogP contribution in [0, 0.1) is 13.8 Å². The molecule has 0 aliphatic carbocycles. The molecule has 0 bridgehead atoms. The van der Waals surface area contributed by atoms with Crippen molar-refractivity contribution in [3.8, 4) is 11.3 Å². The SMILES string of the molecule is Cc1ncc(-c2ccc(C)c(S(=O)(=O)NCc3cccnc3)c2)o1. The predicted molar refractivity (Wildman–Crippen MR) is 89.7 cm³/mol. The highest BCUT2D eigenvalue weighted by molar-refractivity contribution is 7.89. The van der Waals surface area contributed by atoms with Crippen LogP contribution in [-0.2, 0) is 16.6 Å². The summed E-state index contributed by atoms with van der Waals surface area (Å²) in [6.07, 6.45) is 4.85. The van der Waals surface area contributed by atoms with E-state index in [1.807, 2.05) is 12.1 Å². The molecule has 24 heavy (non-hydrogen) atoms. The Hall–Kier alpha value is -2.51. The van der Waals surface area contributed by atoms with Crippen molar-refractivity contribution >= 4 is 10.0 Å². The van der Waals surface area contributed by atoms with E-state index in [1.54, 1.807) is 50.6 Å². The molecule has 124 valence electrons. The van der Waals surface area contributed by atoms with Gasteiger partial charge in [-0.25, -0.2) is 18.1 Å². The highest BCUT2D eigenvalue weighted by atomic mass is 32.2. The minimum absolute atomic E-state index is 0.182. The molecule has 1 aromatic carbocycles. The van der Waals surface area contributed by atoms with Crippen molar-refractivity contribution in [2.24, 2.45) is 0 Å². The maximum atomic E-state index is 12.6. The standard InChI is InChI=1S/C17H17N3O3S/c1-12-5-6-15(16-11-19-13(2)23-16)8-17(12)24(21,22)20-10-14-4-3-7-18-9-14/h3-9,11,20H,10H2,1-2H3. The van der Waals surface area contributed by atoms with Gasteiger partial charge in [0, 0.05) is 31.4 Å². The van der Waals surface area contributed by atoms with Gasteiger partial charge < -0.3 is 4.42 Å². The maximum absolute atomic E-state index is 12.6. The Morgan fingerprint density at radius 2 is 2.00 bits per heavy atom. The zero-order valence-electron chi connectivity index (χ0n) is 13.4. The number of oxazole rings is 1. The van der Waals surface area contributed by atoms with Gasteiger partial charge in [-0.2, -0.15) is 0 Å². The number of aryl methyl sites for hydroxylation is 2. The molecule has 0 atom stereocenters. The van der Waals surface area contributed by atoms with Crippen LogP contribution in [0.2, 0.25) is 0 Å². The van der Waals surface area contributed by atoms with Gasteiger partial charge in [0.2, 0.25) is 10.0 Å². The summed E-state index contributed by atoms with van der Waals surface area (Å²) in [5.74, 6) is 1.07. The molecule has 0 saturated carbocycles. The van der Waals surface area contributed by atoms with Gasteiger partial charge in [0.15, 0.2) is 11.7 Å². The zero-order valence-corrected chi connectivity index (χ0v) is 14.2. The molecule has 3 aromatic rings. The summed E-state index contributed by atoms with van der Waals surface area (Å²) >= 11 is 0. The Balaban J connectivity index is 1.89. The second kappa shape index (κ2) is 6.54. The van der Waals surface area contributed by atoms with Crippen molar-refractivity contribution in [2.45, 2.75) is 25.3 Å². The summed E-state index contributed by atoms with van der Waals surface area (Å²) in [7, 11) is -3.65. The van der Waals surface area contributed by atoms with E-state index in [-0.39, 0.29) is 11.4 Å². The first kappa shape index (κ1) is 16.4. The van der Waals surface area contributed by atoms with Gasteiger partial charge in [0.1, 0.15) is 0 Å². The second-order valence-corrected chi connectivity index (χ2v) is 7.15. The predicted octanol–water partition coefficient (Wildman–Crippen LogP) is 2.83. The lowest BCUT2D eigenvalue weighted by Gasteiger charge is -2.10. The third-order valence-corrected chi connectivity index (χ3v) is 5.12. The summed E-state index contributed by atoms with van der Waals surface area (Å²) in [5.41, 5.74) is 2.12. The molecule has 0 amide bonds. The Labute approximate surface area is 140 Å². The van der Waals surface area contributed by atoms with Crippen molar-refractivity contribution in [3.63, 3.8) is 0 Å². The van der Waals surface area contributed by atoms with Crippen LogP contribution in [0.1, 0.15) is 17.0 Å². The summed E-state index contributed by atoms with van der Waals surface area (Å²) in [4.78, 5) is 8.24. The Morgan fingerprint density at radius 3 is 2.67 bits per heavy atom. The van der Waals surface area contributed by atoms with Gasteiger partial charge >= 0.3 is 0 Å².